The van der Waals surface area contributed by atoms with Crippen molar-refractivity contribution in [1.82, 2.24) is 4.57 Å². The molecule has 1 nitrogen and oxygen atoms in total. The molecule has 258 valence electrons. The molecule has 0 atom stereocenters. The van der Waals surface area contributed by atoms with Crippen LogP contribution in [-0.4, -0.2) is 4.57 Å². The summed E-state index contributed by atoms with van der Waals surface area (Å²) in [7, 11) is 0. The zero-order chi connectivity index (χ0) is 35.2. The quantitative estimate of drug-likeness (QED) is 0.133. The zero-order valence-corrected chi connectivity index (χ0v) is 31.7. The van der Waals surface area contributed by atoms with Gasteiger partial charge in [-0.1, -0.05) is 126 Å². The Morgan fingerprint density at radius 3 is 2.48 bits per heavy atom. The molecule has 1 heteroatoms. The van der Waals surface area contributed by atoms with Crippen molar-refractivity contribution in [3.8, 4) is 16.8 Å². The first-order valence-corrected chi connectivity index (χ1v) is 19.3. The second-order valence-corrected chi connectivity index (χ2v) is 14.7. The molecule has 0 bridgehead atoms. The van der Waals surface area contributed by atoms with Gasteiger partial charge in [-0.25, -0.2) is 0 Å². The van der Waals surface area contributed by atoms with E-state index in [4.69, 9.17) is 0 Å². The third-order valence-corrected chi connectivity index (χ3v) is 10.9. The molecule has 0 radical (unpaired) electrons. The Hall–Kier alpha value is -4.36. The molecular weight excluding hydrogens is 603 g/mol. The highest BCUT2D eigenvalue weighted by Crippen LogP contribution is 2.43. The fourth-order valence-corrected chi connectivity index (χ4v) is 7.84. The van der Waals surface area contributed by atoms with Gasteiger partial charge in [-0.2, -0.15) is 0 Å². The van der Waals surface area contributed by atoms with Crippen LogP contribution in [0.1, 0.15) is 113 Å². The standard InChI is InChI=1S/C49H57N/c1-8-11-13-19-38(34(4)5)31-41-32-39(28-27-35(41)6)40-29-30-49-46(33-40)45(22-12-9-2)48(18-10-3)50(49)47-26-17-25-42(36(47)7)44-24-15-14-23-43(44)37-20-16-21-37/h8,11-14,17,19,22-23,25-34,37H,9-10,15-16,18,20-21,24H2,1-7H3/b11-8-,19-13-,22-12-,38-31-. The van der Waals surface area contributed by atoms with Gasteiger partial charge in [-0.3, -0.25) is 0 Å². The molecule has 6 rings (SSSR count). The van der Waals surface area contributed by atoms with Gasteiger partial charge in [0, 0.05) is 22.3 Å². The van der Waals surface area contributed by atoms with Gasteiger partial charge in [-0.15, -0.1) is 0 Å². The Bertz CT molecular complexity index is 2020. The molecule has 50 heavy (non-hydrogen) atoms. The zero-order valence-electron chi connectivity index (χ0n) is 31.7. The predicted molar refractivity (Wildman–Crippen MR) is 221 cm³/mol. The molecule has 3 aromatic carbocycles. The van der Waals surface area contributed by atoms with Gasteiger partial charge in [0.1, 0.15) is 0 Å². The van der Waals surface area contributed by atoms with Gasteiger partial charge in [-0.05, 0) is 145 Å². The highest BCUT2D eigenvalue weighted by molar-refractivity contribution is 5.96. The fourth-order valence-electron chi connectivity index (χ4n) is 7.84. The highest BCUT2D eigenvalue weighted by Gasteiger charge is 2.26. The molecule has 1 fully saturated rings. The number of aromatic nitrogens is 1. The van der Waals surface area contributed by atoms with E-state index in [1.54, 1.807) is 11.1 Å². The molecule has 0 N–H and O–H groups in total. The van der Waals surface area contributed by atoms with E-state index in [2.05, 4.69) is 162 Å². The Labute approximate surface area is 302 Å². The molecule has 4 aromatic rings. The lowest BCUT2D eigenvalue weighted by Crippen LogP contribution is -2.16. The largest absolute Gasteiger partial charge is 0.313 e. The van der Waals surface area contributed by atoms with Crippen molar-refractivity contribution in [1.29, 1.82) is 0 Å². The average Bonchev–Trinajstić information content (AvgIpc) is 3.39. The second kappa shape index (κ2) is 16.1. The highest BCUT2D eigenvalue weighted by atomic mass is 15.0. The van der Waals surface area contributed by atoms with Crippen molar-refractivity contribution in [3.05, 3.63) is 142 Å². The molecule has 1 saturated carbocycles. The van der Waals surface area contributed by atoms with E-state index >= 15 is 0 Å². The summed E-state index contributed by atoms with van der Waals surface area (Å²) in [6.07, 6.45) is 30.0. The van der Waals surface area contributed by atoms with Gasteiger partial charge in [0.25, 0.3) is 0 Å². The van der Waals surface area contributed by atoms with E-state index in [9.17, 15) is 0 Å². The minimum absolute atomic E-state index is 0.443. The minimum atomic E-state index is 0.443. The van der Waals surface area contributed by atoms with E-state index in [1.807, 2.05) is 0 Å². The molecule has 0 amide bonds. The van der Waals surface area contributed by atoms with Crippen molar-refractivity contribution >= 4 is 28.6 Å². The Morgan fingerprint density at radius 1 is 0.960 bits per heavy atom. The molecule has 0 spiro atoms. The number of hydrogen-bond donors (Lipinski definition) is 0. The van der Waals surface area contributed by atoms with Crippen molar-refractivity contribution < 1.29 is 0 Å². The molecule has 0 aliphatic heterocycles. The van der Waals surface area contributed by atoms with Crippen LogP contribution in [0.2, 0.25) is 0 Å². The first-order chi connectivity index (χ1) is 24.4. The van der Waals surface area contributed by atoms with Crippen molar-refractivity contribution in [2.45, 2.75) is 99.8 Å². The van der Waals surface area contributed by atoms with Crippen LogP contribution in [0.15, 0.2) is 108 Å². The molecule has 0 unspecified atom stereocenters. The van der Waals surface area contributed by atoms with E-state index < -0.39 is 0 Å². The average molecular weight is 660 g/mol. The van der Waals surface area contributed by atoms with Gasteiger partial charge in [0.15, 0.2) is 0 Å². The van der Waals surface area contributed by atoms with Crippen molar-refractivity contribution in [2.24, 2.45) is 11.8 Å². The van der Waals surface area contributed by atoms with Crippen molar-refractivity contribution in [2.75, 3.05) is 0 Å². The topological polar surface area (TPSA) is 4.93 Å². The van der Waals surface area contributed by atoms with Crippen molar-refractivity contribution in [3.63, 3.8) is 0 Å². The summed E-state index contributed by atoms with van der Waals surface area (Å²) in [6, 6.07) is 21.2. The van der Waals surface area contributed by atoms with Crippen LogP contribution in [-0.2, 0) is 6.42 Å². The number of nitrogens with zero attached hydrogens (tertiary/aromatic N) is 1. The first kappa shape index (κ1) is 35.5. The fraction of sp³-hybridized carbons (Fsp3) is 0.347. The van der Waals surface area contributed by atoms with Gasteiger partial charge < -0.3 is 4.57 Å². The Kier molecular flexibility index (Phi) is 11.4. The summed E-state index contributed by atoms with van der Waals surface area (Å²) >= 11 is 0. The lowest BCUT2D eigenvalue weighted by Gasteiger charge is -2.31. The molecule has 2 aliphatic rings. The molecule has 2 aliphatic carbocycles. The number of benzene rings is 3. The van der Waals surface area contributed by atoms with E-state index in [1.165, 1.54) is 86.1 Å². The second-order valence-electron chi connectivity index (χ2n) is 14.7. The summed E-state index contributed by atoms with van der Waals surface area (Å²) in [5.74, 6) is 1.18. The Balaban J connectivity index is 1.52. The number of aryl methyl sites for hydroxylation is 1. The molecule has 1 aromatic heterocycles. The van der Waals surface area contributed by atoms with Crippen LogP contribution in [0.4, 0.5) is 0 Å². The lowest BCUT2D eigenvalue weighted by atomic mass is 9.74. The van der Waals surface area contributed by atoms with E-state index in [0.717, 1.165) is 38.0 Å². The molecular formula is C49H57N. The third kappa shape index (κ3) is 7.25. The monoisotopic (exact) mass is 659 g/mol. The van der Waals surface area contributed by atoms with Gasteiger partial charge in [0.05, 0.1) is 5.52 Å². The minimum Gasteiger partial charge on any atom is -0.313 e. The Morgan fingerprint density at radius 2 is 1.76 bits per heavy atom. The van der Waals surface area contributed by atoms with Crippen LogP contribution in [0, 0.1) is 25.7 Å². The molecule has 0 saturated heterocycles. The van der Waals surface area contributed by atoms with Crippen LogP contribution in [0.25, 0.3) is 45.4 Å². The molecule has 1 heterocycles. The van der Waals surface area contributed by atoms with Crippen LogP contribution < -0.4 is 0 Å². The maximum absolute atomic E-state index is 2.61. The summed E-state index contributed by atoms with van der Waals surface area (Å²) in [4.78, 5) is 0. The van der Waals surface area contributed by atoms with Gasteiger partial charge >= 0.3 is 0 Å². The summed E-state index contributed by atoms with van der Waals surface area (Å²) in [6.45, 7) is 15.8. The maximum atomic E-state index is 2.61. The van der Waals surface area contributed by atoms with Crippen LogP contribution >= 0.6 is 0 Å². The normalized spacial score (nSPS) is 16.0. The van der Waals surface area contributed by atoms with E-state index in [-0.39, 0.29) is 0 Å². The van der Waals surface area contributed by atoms with Gasteiger partial charge in [0.2, 0.25) is 0 Å². The smallest absolute Gasteiger partial charge is 0.0538 e. The number of rotatable bonds is 12. The maximum Gasteiger partial charge on any atom is 0.0538 e. The van der Waals surface area contributed by atoms with Crippen LogP contribution in [0.5, 0.6) is 0 Å². The third-order valence-electron chi connectivity index (χ3n) is 10.9. The lowest BCUT2D eigenvalue weighted by molar-refractivity contribution is 0.374. The number of fused-ring (bicyclic) bond motifs is 1. The number of allylic oxidation sites excluding steroid dienone is 10. The first-order valence-electron chi connectivity index (χ1n) is 19.3. The van der Waals surface area contributed by atoms with E-state index in [0.29, 0.717) is 5.92 Å². The summed E-state index contributed by atoms with van der Waals surface area (Å²) in [5.41, 5.74) is 17.9. The summed E-state index contributed by atoms with van der Waals surface area (Å²) < 4.78 is 2.61. The SMILES string of the molecule is C\C=C/C=C\C(=C\c1cc(-c2ccc3c(c2)c(/C=C\CC)c(CCC)n3-c2cccc(C3=C(C4CCC4)C=CCC3)c2C)ccc1C)C(C)C. The number of hydrogen-bond acceptors (Lipinski definition) is 0. The summed E-state index contributed by atoms with van der Waals surface area (Å²) in [5, 5.41) is 1.34. The predicted octanol–water partition coefficient (Wildman–Crippen LogP) is 14.4. The van der Waals surface area contributed by atoms with Crippen LogP contribution in [0.3, 0.4) is 0 Å².